The van der Waals surface area contributed by atoms with Crippen molar-refractivity contribution in [2.75, 3.05) is 11.4 Å². The van der Waals surface area contributed by atoms with Crippen molar-refractivity contribution in [3.8, 4) is 11.5 Å². The minimum Gasteiger partial charge on any atom is -0.457 e. The van der Waals surface area contributed by atoms with Crippen LogP contribution < -0.4 is 31.3 Å². The number of nitrogens with one attached hydrogen (secondary N) is 3. The highest BCUT2D eigenvalue weighted by Crippen LogP contribution is 2.48. The summed E-state index contributed by atoms with van der Waals surface area (Å²) in [6.07, 6.45) is 3.44. The molecule has 0 spiro atoms. The summed E-state index contributed by atoms with van der Waals surface area (Å²) in [7, 11) is 0. The highest BCUT2D eigenvalue weighted by Gasteiger charge is 2.52. The molecule has 2 aromatic rings. The Morgan fingerprint density at radius 2 is 1.97 bits per heavy atom. The molecule has 3 aliphatic heterocycles. The third-order valence-electron chi connectivity index (χ3n) is 7.56. The number of benzene rings is 2. The summed E-state index contributed by atoms with van der Waals surface area (Å²) in [5, 5.41) is 9.85. The van der Waals surface area contributed by atoms with Crippen LogP contribution in [0.2, 0.25) is 0 Å². The molecule has 5 N–H and O–H groups in total. The molecule has 3 amide bonds. The average molecular weight is 506 g/mol. The molecular formula is C27H31N5O3S. The number of thioether (sulfide) groups is 1. The molecule has 8 nitrogen and oxygen atoms in total. The highest BCUT2D eigenvalue weighted by atomic mass is 32.2. The van der Waals surface area contributed by atoms with Gasteiger partial charge in [-0.1, -0.05) is 30.0 Å². The van der Waals surface area contributed by atoms with Gasteiger partial charge in [0.1, 0.15) is 11.5 Å². The molecule has 0 bridgehead atoms. The van der Waals surface area contributed by atoms with Gasteiger partial charge in [0.05, 0.1) is 16.3 Å². The molecule has 6 rings (SSSR count). The molecule has 3 fully saturated rings. The zero-order valence-electron chi connectivity index (χ0n) is 20.2. The number of carbonyl (C=O) groups excluding carboxylic acids is 2. The summed E-state index contributed by atoms with van der Waals surface area (Å²) >= 11 is 1.53. The van der Waals surface area contributed by atoms with E-state index in [2.05, 4.69) is 16.0 Å². The Morgan fingerprint density at radius 1 is 1.14 bits per heavy atom. The van der Waals surface area contributed by atoms with E-state index < -0.39 is 0 Å². The smallest absolute Gasteiger partial charge is 0.326 e. The quantitative estimate of drug-likeness (QED) is 0.495. The van der Waals surface area contributed by atoms with Gasteiger partial charge < -0.3 is 26.4 Å². The first-order valence-corrected chi connectivity index (χ1v) is 13.5. The third-order valence-corrected chi connectivity index (χ3v) is 8.92. The van der Waals surface area contributed by atoms with Gasteiger partial charge in [0.25, 0.3) is 5.91 Å². The van der Waals surface area contributed by atoms with Gasteiger partial charge in [-0.2, -0.15) is 0 Å². The zero-order valence-corrected chi connectivity index (χ0v) is 21.0. The number of hydrogen-bond donors (Lipinski definition) is 4. The van der Waals surface area contributed by atoms with Crippen molar-refractivity contribution in [3.63, 3.8) is 0 Å². The maximum atomic E-state index is 13.5. The van der Waals surface area contributed by atoms with Crippen LogP contribution in [0.1, 0.15) is 31.2 Å². The predicted molar refractivity (Wildman–Crippen MR) is 141 cm³/mol. The summed E-state index contributed by atoms with van der Waals surface area (Å²) in [6.45, 7) is 2.79. The van der Waals surface area contributed by atoms with Gasteiger partial charge in [-0.15, -0.1) is 0 Å². The van der Waals surface area contributed by atoms with Crippen molar-refractivity contribution >= 4 is 29.4 Å². The normalized spacial score (nSPS) is 29.1. The molecule has 36 heavy (non-hydrogen) atoms. The van der Waals surface area contributed by atoms with Gasteiger partial charge in [-0.05, 0) is 75.0 Å². The number of para-hydroxylation sites is 1. The van der Waals surface area contributed by atoms with Crippen molar-refractivity contribution in [2.45, 2.75) is 56.1 Å². The largest absolute Gasteiger partial charge is 0.457 e. The van der Waals surface area contributed by atoms with Crippen LogP contribution in [0.5, 0.6) is 11.5 Å². The first kappa shape index (κ1) is 23.4. The number of anilines is 1. The van der Waals surface area contributed by atoms with Crippen LogP contribution in [0.3, 0.4) is 0 Å². The maximum Gasteiger partial charge on any atom is 0.326 e. The van der Waals surface area contributed by atoms with E-state index in [1.54, 1.807) is 0 Å². The van der Waals surface area contributed by atoms with Gasteiger partial charge >= 0.3 is 6.03 Å². The van der Waals surface area contributed by atoms with E-state index >= 15 is 0 Å². The number of nitrogens with two attached hydrogens (primary N) is 1. The van der Waals surface area contributed by atoms with Gasteiger partial charge in [0.15, 0.2) is 0 Å². The lowest BCUT2D eigenvalue weighted by atomic mass is 9.86. The van der Waals surface area contributed by atoms with Crippen LogP contribution in [-0.2, 0) is 4.79 Å². The Hall–Kier alpha value is -3.01. The summed E-state index contributed by atoms with van der Waals surface area (Å²) in [4.78, 5) is 29.2. The predicted octanol–water partition coefficient (Wildman–Crippen LogP) is 3.58. The van der Waals surface area contributed by atoms with Crippen LogP contribution >= 0.6 is 11.8 Å². The van der Waals surface area contributed by atoms with Gasteiger partial charge in [0.2, 0.25) is 0 Å². The van der Waals surface area contributed by atoms with Gasteiger partial charge in [-0.3, -0.25) is 9.69 Å². The molecule has 188 valence electrons. The number of urea groups is 1. The van der Waals surface area contributed by atoms with Crippen molar-refractivity contribution < 1.29 is 14.3 Å². The number of piperidine rings is 1. The topological polar surface area (TPSA) is 109 Å². The lowest BCUT2D eigenvalue weighted by Crippen LogP contribution is -2.62. The molecule has 0 aromatic heterocycles. The van der Waals surface area contributed by atoms with Crippen LogP contribution in [0.25, 0.3) is 0 Å². The Labute approximate surface area is 215 Å². The second kappa shape index (κ2) is 9.46. The van der Waals surface area contributed by atoms with E-state index in [1.807, 2.05) is 60.4 Å². The first-order chi connectivity index (χ1) is 17.5. The standard InChI is InChI=1S/C27H31N5O3S/c1-15-13-19(35-18-5-3-2-4-6-18)9-10-20(15)32-21-11-12-29-26-22(21)23(31-27(32)34)24(36-26)25(33)30-17-8-7-16(28)14-17/h2-6,9-10,13,16-17,21-22,26,29H,7-8,11-12,14,28H2,1H3,(H,30,33)(H,31,34)/t16-,17+,21?,22?,26?/m0/s1. The van der Waals surface area contributed by atoms with Crippen molar-refractivity contribution in [1.82, 2.24) is 16.0 Å². The van der Waals surface area contributed by atoms with Gasteiger partial charge in [-0.25, -0.2) is 4.79 Å². The van der Waals surface area contributed by atoms with E-state index in [0.717, 1.165) is 60.7 Å². The Kier molecular flexibility index (Phi) is 6.15. The Balaban J connectivity index is 1.25. The van der Waals surface area contributed by atoms with Crippen molar-refractivity contribution in [3.05, 3.63) is 64.7 Å². The van der Waals surface area contributed by atoms with E-state index in [-0.39, 0.29) is 41.4 Å². The lowest BCUT2D eigenvalue weighted by Gasteiger charge is -2.46. The van der Waals surface area contributed by atoms with Crippen LogP contribution in [0, 0.1) is 12.8 Å². The highest BCUT2D eigenvalue weighted by molar-refractivity contribution is 8.04. The summed E-state index contributed by atoms with van der Waals surface area (Å²) < 4.78 is 5.99. The van der Waals surface area contributed by atoms with E-state index in [0.29, 0.717) is 4.91 Å². The minimum absolute atomic E-state index is 0.0210. The van der Waals surface area contributed by atoms with Crippen LogP contribution in [0.15, 0.2) is 59.1 Å². The molecule has 2 aromatic carbocycles. The summed E-state index contributed by atoms with van der Waals surface area (Å²) in [5.74, 6) is 1.42. The minimum atomic E-state index is -0.192. The second-order valence-corrected chi connectivity index (χ2v) is 11.2. The first-order valence-electron chi connectivity index (χ1n) is 12.6. The number of amides is 3. The molecule has 0 radical (unpaired) electrons. The van der Waals surface area contributed by atoms with Gasteiger partial charge in [0, 0.05) is 29.4 Å². The average Bonchev–Trinajstić information content (AvgIpc) is 3.44. The number of carbonyl (C=O) groups is 2. The number of ether oxygens (including phenoxy) is 1. The fraction of sp³-hybridized carbons (Fsp3) is 0.407. The fourth-order valence-electron chi connectivity index (χ4n) is 5.89. The third kappa shape index (κ3) is 4.25. The SMILES string of the molecule is Cc1cc(Oc2ccccc2)ccc1N1C(=O)NC2=C(C(=O)N[C@@H]3CC[C@H](N)C3)SC3NCCC1C23. The molecule has 1 aliphatic carbocycles. The Bertz CT molecular complexity index is 1220. The fourth-order valence-corrected chi connectivity index (χ4v) is 7.29. The molecule has 1 saturated carbocycles. The molecule has 4 aliphatic rings. The molecule has 2 saturated heterocycles. The van der Waals surface area contributed by atoms with Crippen LogP contribution in [0.4, 0.5) is 10.5 Å². The summed E-state index contributed by atoms with van der Waals surface area (Å²) in [5.41, 5.74) is 8.61. The van der Waals surface area contributed by atoms with E-state index in [1.165, 1.54) is 11.8 Å². The summed E-state index contributed by atoms with van der Waals surface area (Å²) in [6, 6.07) is 15.5. The molecule has 9 heteroatoms. The molecule has 5 atom stereocenters. The van der Waals surface area contributed by atoms with Crippen molar-refractivity contribution in [1.29, 1.82) is 0 Å². The number of nitrogens with zero attached hydrogens (tertiary/aromatic N) is 1. The zero-order chi connectivity index (χ0) is 24.8. The maximum absolute atomic E-state index is 13.5. The molecule has 3 heterocycles. The lowest BCUT2D eigenvalue weighted by molar-refractivity contribution is -0.117. The molecule has 3 unspecified atom stereocenters. The van der Waals surface area contributed by atoms with E-state index in [4.69, 9.17) is 10.5 Å². The monoisotopic (exact) mass is 505 g/mol. The van der Waals surface area contributed by atoms with Crippen molar-refractivity contribution in [2.24, 2.45) is 11.7 Å². The van der Waals surface area contributed by atoms with E-state index in [9.17, 15) is 9.59 Å². The second-order valence-electron chi connectivity index (χ2n) is 10.0. The Morgan fingerprint density at radius 3 is 2.72 bits per heavy atom. The number of aryl methyl sites for hydroxylation is 1. The number of hydrogen-bond acceptors (Lipinski definition) is 6. The van der Waals surface area contributed by atoms with Crippen LogP contribution in [-0.4, -0.2) is 42.0 Å². The number of rotatable bonds is 5. The molecular weight excluding hydrogens is 474 g/mol.